The first kappa shape index (κ1) is 24.3. The summed E-state index contributed by atoms with van der Waals surface area (Å²) in [6, 6.07) is 5.83. The molecule has 5 nitrogen and oxygen atoms in total. The van der Waals surface area contributed by atoms with Crippen LogP contribution in [0.15, 0.2) is 53.8 Å². The van der Waals surface area contributed by atoms with Crippen molar-refractivity contribution in [2.75, 3.05) is 20.8 Å². The molecule has 0 aliphatic rings. The molecule has 5 heteroatoms. The first-order valence-corrected chi connectivity index (χ1v) is 9.77. The minimum atomic E-state index is -0.549. The van der Waals surface area contributed by atoms with Crippen LogP contribution in [-0.4, -0.2) is 33.4 Å². The van der Waals surface area contributed by atoms with Crippen LogP contribution in [0.2, 0.25) is 0 Å². The van der Waals surface area contributed by atoms with Crippen LogP contribution in [0.3, 0.4) is 0 Å². The topological polar surface area (TPSA) is 54.0 Å². The van der Waals surface area contributed by atoms with Crippen molar-refractivity contribution < 1.29 is 23.7 Å². The highest BCUT2D eigenvalue weighted by Crippen LogP contribution is 2.28. The second-order valence-corrected chi connectivity index (χ2v) is 7.49. The van der Waals surface area contributed by atoms with Gasteiger partial charge < -0.3 is 18.9 Å². The number of methoxy groups -OCH3 is 2. The molecule has 1 aromatic rings. The van der Waals surface area contributed by atoms with Crippen LogP contribution in [0.4, 0.5) is 0 Å². The highest BCUT2D eigenvalue weighted by molar-refractivity contribution is 5.42. The fourth-order valence-corrected chi connectivity index (χ4v) is 2.74. The van der Waals surface area contributed by atoms with Gasteiger partial charge in [-0.2, -0.15) is 0 Å². The van der Waals surface area contributed by atoms with E-state index in [0.29, 0.717) is 23.9 Å². The van der Waals surface area contributed by atoms with Gasteiger partial charge in [-0.15, -0.1) is 0 Å². The van der Waals surface area contributed by atoms with E-state index in [2.05, 4.69) is 20.4 Å². The lowest BCUT2D eigenvalue weighted by Gasteiger charge is -2.20. The van der Waals surface area contributed by atoms with Gasteiger partial charge in [0.05, 0.1) is 14.2 Å². The maximum atomic E-state index is 10.6. The van der Waals surface area contributed by atoms with E-state index in [-0.39, 0.29) is 6.61 Å². The van der Waals surface area contributed by atoms with Crippen molar-refractivity contribution in [1.29, 1.82) is 0 Å². The molecule has 0 aromatic heterocycles. The number of carbonyl (C=O) groups excluding carboxylic acids is 1. The average molecular weight is 403 g/mol. The second-order valence-electron chi connectivity index (χ2n) is 7.49. The van der Waals surface area contributed by atoms with E-state index in [4.69, 9.17) is 18.9 Å². The summed E-state index contributed by atoms with van der Waals surface area (Å²) in [6.45, 7) is 12.8. The molecule has 29 heavy (non-hydrogen) atoms. The molecule has 0 bridgehead atoms. The van der Waals surface area contributed by atoms with E-state index in [0.717, 1.165) is 35.3 Å². The molecule has 1 unspecified atom stereocenters. The Balaban J connectivity index is 3.14. The van der Waals surface area contributed by atoms with Crippen LogP contribution in [0.25, 0.3) is 0 Å². The molecule has 0 aliphatic heterocycles. The Hall–Kier alpha value is -2.69. The number of benzene rings is 1. The Morgan fingerprint density at radius 2 is 1.93 bits per heavy atom. The summed E-state index contributed by atoms with van der Waals surface area (Å²) >= 11 is 0. The fraction of sp³-hybridized carbons (Fsp3) is 0.458. The third-order valence-corrected chi connectivity index (χ3v) is 4.25. The van der Waals surface area contributed by atoms with Gasteiger partial charge in [0.2, 0.25) is 0 Å². The largest absolute Gasteiger partial charge is 0.497 e. The zero-order valence-corrected chi connectivity index (χ0v) is 18.5. The number of rotatable bonds is 13. The van der Waals surface area contributed by atoms with Gasteiger partial charge in [-0.1, -0.05) is 38.1 Å². The molecule has 1 aromatic carbocycles. The van der Waals surface area contributed by atoms with Crippen LogP contribution in [0.5, 0.6) is 11.5 Å². The van der Waals surface area contributed by atoms with Crippen molar-refractivity contribution in [3.63, 3.8) is 0 Å². The van der Waals surface area contributed by atoms with E-state index in [9.17, 15) is 4.79 Å². The molecular weight excluding hydrogens is 368 g/mol. The summed E-state index contributed by atoms with van der Waals surface area (Å²) in [5.41, 5.74) is 3.01. The van der Waals surface area contributed by atoms with Crippen molar-refractivity contribution in [3.8, 4) is 11.5 Å². The number of ether oxygens (including phenoxy) is 4. The predicted octanol–water partition coefficient (Wildman–Crippen LogP) is 5.26. The standard InChI is InChI=1S/C24H34O5/c1-17(2)8-9-21-10-11-22(14-24(21)27-7)29-23(19(5)26-6)13-20(12-18(3)4)15-28-16-25/h10-14,16-17,23H,5,8-9,15H2,1-4,6-7H3. The predicted molar refractivity (Wildman–Crippen MR) is 116 cm³/mol. The minimum absolute atomic E-state index is 0.142. The summed E-state index contributed by atoms with van der Waals surface area (Å²) < 4.78 is 21.9. The van der Waals surface area contributed by atoms with Crippen LogP contribution in [0.1, 0.15) is 39.7 Å². The maximum absolute atomic E-state index is 10.6. The maximum Gasteiger partial charge on any atom is 0.293 e. The van der Waals surface area contributed by atoms with Gasteiger partial charge in [-0.25, -0.2) is 0 Å². The summed E-state index contributed by atoms with van der Waals surface area (Å²) in [6.07, 6.45) is 5.25. The number of carbonyl (C=O) groups is 1. The first-order valence-electron chi connectivity index (χ1n) is 9.77. The molecular formula is C24H34O5. The van der Waals surface area contributed by atoms with Gasteiger partial charge in [0.15, 0.2) is 6.10 Å². The lowest BCUT2D eigenvalue weighted by molar-refractivity contribution is -0.127. The van der Waals surface area contributed by atoms with Gasteiger partial charge in [0.1, 0.15) is 23.9 Å². The number of aryl methyl sites for hydroxylation is 1. The van der Waals surface area contributed by atoms with E-state index < -0.39 is 6.10 Å². The molecule has 0 heterocycles. The number of allylic oxidation sites excluding steroid dienone is 1. The van der Waals surface area contributed by atoms with E-state index in [1.807, 2.05) is 44.2 Å². The van der Waals surface area contributed by atoms with E-state index >= 15 is 0 Å². The van der Waals surface area contributed by atoms with Crippen molar-refractivity contribution in [2.24, 2.45) is 5.92 Å². The molecule has 0 saturated carbocycles. The third-order valence-electron chi connectivity index (χ3n) is 4.25. The highest BCUT2D eigenvalue weighted by atomic mass is 16.5. The monoisotopic (exact) mass is 402 g/mol. The van der Waals surface area contributed by atoms with Gasteiger partial charge in [0.25, 0.3) is 6.47 Å². The molecule has 0 spiro atoms. The highest BCUT2D eigenvalue weighted by Gasteiger charge is 2.16. The van der Waals surface area contributed by atoms with Crippen molar-refractivity contribution in [2.45, 2.75) is 46.6 Å². The lowest BCUT2D eigenvalue weighted by Crippen LogP contribution is -2.19. The van der Waals surface area contributed by atoms with Crippen molar-refractivity contribution >= 4 is 6.47 Å². The van der Waals surface area contributed by atoms with Gasteiger partial charge >= 0.3 is 0 Å². The molecule has 1 atom stereocenters. The van der Waals surface area contributed by atoms with Gasteiger partial charge in [-0.3, -0.25) is 4.79 Å². The van der Waals surface area contributed by atoms with Gasteiger partial charge in [0, 0.05) is 6.07 Å². The fourth-order valence-electron chi connectivity index (χ4n) is 2.74. The minimum Gasteiger partial charge on any atom is -0.497 e. The second kappa shape index (κ2) is 12.7. The third kappa shape index (κ3) is 8.90. The van der Waals surface area contributed by atoms with E-state index in [1.54, 1.807) is 14.2 Å². The summed E-state index contributed by atoms with van der Waals surface area (Å²) in [5.74, 6) is 2.50. The zero-order valence-electron chi connectivity index (χ0n) is 18.5. The van der Waals surface area contributed by atoms with Crippen LogP contribution < -0.4 is 9.47 Å². The molecule has 0 aliphatic carbocycles. The van der Waals surface area contributed by atoms with Crippen molar-refractivity contribution in [1.82, 2.24) is 0 Å². The normalized spacial score (nSPS) is 12.2. The van der Waals surface area contributed by atoms with Crippen LogP contribution >= 0.6 is 0 Å². The molecule has 160 valence electrons. The average Bonchev–Trinajstić information content (AvgIpc) is 2.69. The number of hydrogen-bond donors (Lipinski definition) is 0. The smallest absolute Gasteiger partial charge is 0.293 e. The molecule has 0 N–H and O–H groups in total. The molecule has 1 rings (SSSR count). The van der Waals surface area contributed by atoms with Crippen molar-refractivity contribution in [3.05, 3.63) is 59.4 Å². The summed E-state index contributed by atoms with van der Waals surface area (Å²) in [7, 11) is 3.21. The SMILES string of the molecule is C=C(OC)C(C=C(C=C(C)C)COC=O)Oc1ccc(CCC(C)C)c(OC)c1. The van der Waals surface area contributed by atoms with E-state index in [1.165, 1.54) is 0 Å². The first-order chi connectivity index (χ1) is 13.8. The molecule has 0 saturated heterocycles. The molecule has 0 radical (unpaired) electrons. The molecule has 0 fully saturated rings. The van der Waals surface area contributed by atoms with Crippen LogP contribution in [-0.2, 0) is 20.7 Å². The Bertz CT molecular complexity index is 727. The van der Waals surface area contributed by atoms with Gasteiger partial charge in [-0.05, 0) is 55.9 Å². The quantitative estimate of drug-likeness (QED) is 0.256. The molecule has 0 amide bonds. The summed E-state index contributed by atoms with van der Waals surface area (Å²) in [4.78, 5) is 10.6. The Morgan fingerprint density at radius 3 is 2.48 bits per heavy atom. The lowest BCUT2D eigenvalue weighted by atomic mass is 10.0. The number of hydrogen-bond acceptors (Lipinski definition) is 5. The van der Waals surface area contributed by atoms with Crippen LogP contribution in [0, 0.1) is 5.92 Å². The zero-order chi connectivity index (χ0) is 21.8. The summed E-state index contributed by atoms with van der Waals surface area (Å²) in [5, 5.41) is 0. The Labute approximate surface area is 175 Å². The Morgan fingerprint density at radius 1 is 1.21 bits per heavy atom. The Kier molecular flexibility index (Phi) is 10.7.